The lowest BCUT2D eigenvalue weighted by atomic mass is 10.1. The maximum atomic E-state index is 11.7. The van der Waals surface area contributed by atoms with Crippen LogP contribution < -0.4 is 0 Å². The average molecular weight is 294 g/mol. The second-order valence-electron chi connectivity index (χ2n) is 5.07. The van der Waals surface area contributed by atoms with Gasteiger partial charge in [-0.25, -0.2) is 8.42 Å². The highest BCUT2D eigenvalue weighted by Gasteiger charge is 2.11. The van der Waals surface area contributed by atoms with Gasteiger partial charge in [-0.15, -0.1) is 0 Å². The number of nitrogens with zero attached hydrogens (tertiary/aromatic N) is 1. The molecule has 0 aliphatic carbocycles. The number of hydrogen-bond acceptors (Lipinski definition) is 3. The van der Waals surface area contributed by atoms with Gasteiger partial charge in [-0.05, 0) is 43.3 Å². The molecular formula is C15H22N2O2S. The van der Waals surface area contributed by atoms with E-state index in [4.69, 9.17) is 0 Å². The molecule has 0 atom stereocenters. The van der Waals surface area contributed by atoms with Crippen LogP contribution in [0.4, 0.5) is 0 Å². The van der Waals surface area contributed by atoms with Gasteiger partial charge in [0, 0.05) is 29.9 Å². The third-order valence-corrected chi connectivity index (χ3v) is 4.87. The second kappa shape index (κ2) is 5.97. The molecule has 0 saturated heterocycles. The van der Waals surface area contributed by atoms with Crippen molar-refractivity contribution in [2.75, 3.05) is 25.9 Å². The van der Waals surface area contributed by atoms with Crippen LogP contribution in [0.5, 0.6) is 0 Å². The molecule has 0 saturated carbocycles. The molecule has 0 aliphatic rings. The summed E-state index contributed by atoms with van der Waals surface area (Å²) in [7, 11) is -3.15. The number of likely N-dealkylation sites (N-methyl/N-ethyl adjacent to an activating group) is 1. The van der Waals surface area contributed by atoms with E-state index in [2.05, 4.69) is 23.7 Å². The van der Waals surface area contributed by atoms with E-state index in [0.29, 0.717) is 4.90 Å². The minimum atomic E-state index is -3.15. The summed E-state index contributed by atoms with van der Waals surface area (Å²) in [6.07, 6.45) is 4.16. The minimum Gasteiger partial charge on any atom is -0.361 e. The highest BCUT2D eigenvalue weighted by Crippen LogP contribution is 2.22. The molecule has 20 heavy (non-hydrogen) atoms. The molecule has 4 nitrogen and oxygen atoms in total. The Morgan fingerprint density at radius 1 is 1.20 bits per heavy atom. The smallest absolute Gasteiger partial charge is 0.175 e. The van der Waals surface area contributed by atoms with E-state index >= 15 is 0 Å². The van der Waals surface area contributed by atoms with Gasteiger partial charge < -0.3 is 9.88 Å². The Balaban J connectivity index is 2.30. The molecule has 0 spiro atoms. The number of benzene rings is 1. The Labute approximate surface area is 120 Å². The van der Waals surface area contributed by atoms with Gasteiger partial charge in [0.15, 0.2) is 9.84 Å². The van der Waals surface area contributed by atoms with Gasteiger partial charge in [0.2, 0.25) is 0 Å². The first kappa shape index (κ1) is 15.1. The van der Waals surface area contributed by atoms with Crippen LogP contribution in [0.15, 0.2) is 29.3 Å². The SMILES string of the molecule is CCN(CC)CCc1c[nH]c2ccc(S(C)(=O)=O)cc12. The Morgan fingerprint density at radius 2 is 1.90 bits per heavy atom. The Hall–Kier alpha value is -1.33. The molecule has 0 unspecified atom stereocenters. The van der Waals surface area contributed by atoms with Gasteiger partial charge in [0.1, 0.15) is 0 Å². The summed E-state index contributed by atoms with van der Waals surface area (Å²) < 4.78 is 23.3. The Morgan fingerprint density at radius 3 is 2.50 bits per heavy atom. The standard InChI is InChI=1S/C15H22N2O2S/c1-4-17(5-2)9-8-12-11-16-15-7-6-13(10-14(12)15)20(3,18)19/h6-7,10-11,16H,4-5,8-9H2,1-3H3. The molecule has 0 bridgehead atoms. The zero-order valence-electron chi connectivity index (χ0n) is 12.3. The topological polar surface area (TPSA) is 53.2 Å². The zero-order chi connectivity index (χ0) is 14.8. The summed E-state index contributed by atoms with van der Waals surface area (Å²) in [6.45, 7) is 7.37. The van der Waals surface area contributed by atoms with Gasteiger partial charge in [-0.3, -0.25) is 0 Å². The molecule has 5 heteroatoms. The van der Waals surface area contributed by atoms with Crippen molar-refractivity contribution >= 4 is 20.7 Å². The summed E-state index contributed by atoms with van der Waals surface area (Å²) in [5.41, 5.74) is 2.17. The molecule has 1 heterocycles. The van der Waals surface area contributed by atoms with Crippen molar-refractivity contribution in [2.24, 2.45) is 0 Å². The fourth-order valence-corrected chi connectivity index (χ4v) is 3.06. The summed E-state index contributed by atoms with van der Waals surface area (Å²) in [5, 5.41) is 1.01. The number of sulfone groups is 1. The molecule has 0 fully saturated rings. The van der Waals surface area contributed by atoms with Crippen molar-refractivity contribution in [3.05, 3.63) is 30.0 Å². The monoisotopic (exact) mass is 294 g/mol. The van der Waals surface area contributed by atoms with E-state index in [1.807, 2.05) is 12.3 Å². The summed E-state index contributed by atoms with van der Waals surface area (Å²) in [4.78, 5) is 5.96. The molecule has 2 aromatic rings. The molecule has 2 rings (SSSR count). The first-order chi connectivity index (χ1) is 9.45. The van der Waals surface area contributed by atoms with E-state index in [9.17, 15) is 8.42 Å². The third-order valence-electron chi connectivity index (χ3n) is 3.76. The van der Waals surface area contributed by atoms with Gasteiger partial charge in [0.05, 0.1) is 4.90 Å². The van der Waals surface area contributed by atoms with E-state index in [1.54, 1.807) is 12.1 Å². The predicted molar refractivity (Wildman–Crippen MR) is 82.9 cm³/mol. The maximum Gasteiger partial charge on any atom is 0.175 e. The van der Waals surface area contributed by atoms with Crippen molar-refractivity contribution in [3.63, 3.8) is 0 Å². The molecule has 1 aromatic carbocycles. The maximum absolute atomic E-state index is 11.7. The largest absolute Gasteiger partial charge is 0.361 e. The first-order valence-electron chi connectivity index (χ1n) is 6.98. The number of aromatic nitrogens is 1. The Bertz CT molecular complexity index is 685. The number of nitrogens with one attached hydrogen (secondary N) is 1. The zero-order valence-corrected chi connectivity index (χ0v) is 13.1. The van der Waals surface area contributed by atoms with E-state index < -0.39 is 9.84 Å². The van der Waals surface area contributed by atoms with Crippen LogP contribution in [0.1, 0.15) is 19.4 Å². The van der Waals surface area contributed by atoms with E-state index in [0.717, 1.165) is 37.0 Å². The number of hydrogen-bond donors (Lipinski definition) is 1. The van der Waals surface area contributed by atoms with Crippen molar-refractivity contribution in [1.29, 1.82) is 0 Å². The molecule has 0 amide bonds. The first-order valence-corrected chi connectivity index (χ1v) is 8.87. The molecule has 110 valence electrons. The van der Waals surface area contributed by atoms with Crippen molar-refractivity contribution in [1.82, 2.24) is 9.88 Å². The number of rotatable bonds is 6. The summed E-state index contributed by atoms with van der Waals surface area (Å²) >= 11 is 0. The molecule has 1 N–H and O–H groups in total. The molecular weight excluding hydrogens is 272 g/mol. The van der Waals surface area contributed by atoms with E-state index in [-0.39, 0.29) is 0 Å². The van der Waals surface area contributed by atoms with Crippen molar-refractivity contribution < 1.29 is 8.42 Å². The molecule has 1 aromatic heterocycles. The highest BCUT2D eigenvalue weighted by molar-refractivity contribution is 7.90. The quantitative estimate of drug-likeness (QED) is 0.890. The fraction of sp³-hybridized carbons (Fsp3) is 0.467. The van der Waals surface area contributed by atoms with Gasteiger partial charge >= 0.3 is 0 Å². The lowest BCUT2D eigenvalue weighted by Gasteiger charge is -2.17. The van der Waals surface area contributed by atoms with E-state index in [1.165, 1.54) is 11.8 Å². The van der Waals surface area contributed by atoms with Crippen LogP contribution in [-0.2, 0) is 16.3 Å². The fourth-order valence-electron chi connectivity index (χ4n) is 2.41. The number of aromatic amines is 1. The normalized spacial score (nSPS) is 12.4. The lowest BCUT2D eigenvalue weighted by molar-refractivity contribution is 0.308. The number of fused-ring (bicyclic) bond motifs is 1. The second-order valence-corrected chi connectivity index (χ2v) is 7.09. The highest BCUT2D eigenvalue weighted by atomic mass is 32.2. The van der Waals surface area contributed by atoms with Gasteiger partial charge in [-0.2, -0.15) is 0 Å². The van der Waals surface area contributed by atoms with Crippen LogP contribution in [0, 0.1) is 0 Å². The van der Waals surface area contributed by atoms with Crippen LogP contribution >= 0.6 is 0 Å². The molecule has 0 radical (unpaired) electrons. The minimum absolute atomic E-state index is 0.383. The van der Waals surface area contributed by atoms with Crippen LogP contribution in [0.25, 0.3) is 10.9 Å². The van der Waals surface area contributed by atoms with Crippen LogP contribution in [-0.4, -0.2) is 44.2 Å². The summed E-state index contributed by atoms with van der Waals surface area (Å²) in [6, 6.07) is 5.27. The van der Waals surface area contributed by atoms with Gasteiger partial charge in [-0.1, -0.05) is 13.8 Å². The van der Waals surface area contributed by atoms with Crippen LogP contribution in [0.2, 0.25) is 0 Å². The van der Waals surface area contributed by atoms with Gasteiger partial charge in [0.25, 0.3) is 0 Å². The molecule has 0 aliphatic heterocycles. The number of H-pyrrole nitrogens is 1. The lowest BCUT2D eigenvalue weighted by Crippen LogP contribution is -2.25. The average Bonchev–Trinajstić information content (AvgIpc) is 2.81. The Kier molecular flexibility index (Phi) is 4.50. The van der Waals surface area contributed by atoms with Crippen molar-refractivity contribution in [2.45, 2.75) is 25.2 Å². The van der Waals surface area contributed by atoms with Crippen molar-refractivity contribution in [3.8, 4) is 0 Å². The third kappa shape index (κ3) is 3.22. The van der Waals surface area contributed by atoms with Crippen LogP contribution in [0.3, 0.4) is 0 Å². The summed E-state index contributed by atoms with van der Waals surface area (Å²) in [5.74, 6) is 0. The predicted octanol–water partition coefficient (Wildman–Crippen LogP) is 2.46.